The zero-order valence-electron chi connectivity index (χ0n) is 12.1. The average molecular weight is 334 g/mol. The number of aromatic nitrogens is 2. The van der Waals surface area contributed by atoms with Crippen LogP contribution in [0.2, 0.25) is 5.02 Å². The van der Waals surface area contributed by atoms with Crippen molar-refractivity contribution < 1.29 is 8.78 Å². The van der Waals surface area contributed by atoms with Crippen molar-refractivity contribution in [3.05, 3.63) is 65.1 Å². The number of benzene rings is 1. The molecule has 0 saturated carbocycles. The Balaban J connectivity index is 1.87. The Morgan fingerprint density at radius 2 is 2.00 bits per heavy atom. The predicted octanol–water partition coefficient (Wildman–Crippen LogP) is 4.88. The summed E-state index contributed by atoms with van der Waals surface area (Å²) in [5, 5.41) is 4.45. The van der Waals surface area contributed by atoms with Crippen LogP contribution in [0.25, 0.3) is 10.9 Å². The number of halogens is 3. The monoisotopic (exact) mass is 333 g/mol. The first kappa shape index (κ1) is 15.6. The highest BCUT2D eigenvalue weighted by atomic mass is 35.5. The molecule has 2 aromatic heterocycles. The molecule has 0 radical (unpaired) electrons. The highest BCUT2D eigenvalue weighted by Crippen LogP contribution is 2.29. The predicted molar refractivity (Wildman–Crippen MR) is 88.1 cm³/mol. The Hall–Kier alpha value is -2.27. The van der Waals surface area contributed by atoms with Gasteiger partial charge < -0.3 is 5.32 Å². The molecule has 0 bridgehead atoms. The lowest BCUT2D eigenvalue weighted by atomic mass is 10.1. The Morgan fingerprint density at radius 3 is 2.74 bits per heavy atom. The van der Waals surface area contributed by atoms with Crippen molar-refractivity contribution >= 4 is 28.2 Å². The summed E-state index contributed by atoms with van der Waals surface area (Å²) in [4.78, 5) is 8.22. The number of nitrogens with one attached hydrogen (secondary N) is 1. The van der Waals surface area contributed by atoms with Gasteiger partial charge in [-0.05, 0) is 36.4 Å². The van der Waals surface area contributed by atoms with E-state index in [1.54, 1.807) is 24.4 Å². The van der Waals surface area contributed by atoms with E-state index in [0.717, 1.165) is 11.1 Å². The summed E-state index contributed by atoms with van der Waals surface area (Å²) < 4.78 is 26.0. The molecule has 0 unspecified atom stereocenters. The first-order valence-electron chi connectivity index (χ1n) is 7.15. The molecule has 23 heavy (non-hydrogen) atoms. The zero-order chi connectivity index (χ0) is 16.2. The smallest absolute Gasteiger partial charge is 0.280 e. The average Bonchev–Trinajstić information content (AvgIpc) is 2.55. The normalized spacial score (nSPS) is 11.1. The molecule has 2 heterocycles. The van der Waals surface area contributed by atoms with Crippen LogP contribution in [0.1, 0.15) is 17.8 Å². The maximum absolute atomic E-state index is 13.0. The van der Waals surface area contributed by atoms with Gasteiger partial charge in [-0.2, -0.15) is 0 Å². The number of alkyl halides is 2. The number of hydrogen-bond donors (Lipinski definition) is 1. The third kappa shape index (κ3) is 3.74. The van der Waals surface area contributed by atoms with Gasteiger partial charge in [0.1, 0.15) is 5.69 Å². The maximum Gasteiger partial charge on any atom is 0.280 e. The molecule has 0 saturated heterocycles. The highest BCUT2D eigenvalue weighted by molar-refractivity contribution is 6.31. The van der Waals surface area contributed by atoms with Gasteiger partial charge in [0.05, 0.1) is 5.52 Å². The lowest BCUT2D eigenvalue weighted by molar-refractivity contribution is 0.146. The van der Waals surface area contributed by atoms with Crippen LogP contribution >= 0.6 is 11.6 Å². The van der Waals surface area contributed by atoms with Gasteiger partial charge in [0.2, 0.25) is 0 Å². The van der Waals surface area contributed by atoms with E-state index in [1.165, 1.54) is 6.07 Å². The van der Waals surface area contributed by atoms with Crippen LogP contribution in [0, 0.1) is 0 Å². The van der Waals surface area contributed by atoms with Crippen LogP contribution in [0.15, 0.2) is 48.7 Å². The molecule has 1 N–H and O–H groups in total. The lowest BCUT2D eigenvalue weighted by Crippen LogP contribution is -2.07. The number of pyridine rings is 2. The summed E-state index contributed by atoms with van der Waals surface area (Å²) in [6, 6.07) is 12.1. The third-order valence-electron chi connectivity index (χ3n) is 3.44. The molecule has 3 nitrogen and oxygen atoms in total. The number of hydrogen-bond acceptors (Lipinski definition) is 3. The van der Waals surface area contributed by atoms with Crippen LogP contribution in [0.4, 0.5) is 14.5 Å². The molecule has 3 aromatic rings. The van der Waals surface area contributed by atoms with Crippen LogP contribution in [0.5, 0.6) is 0 Å². The Morgan fingerprint density at radius 1 is 1.13 bits per heavy atom. The van der Waals surface area contributed by atoms with E-state index in [4.69, 9.17) is 11.6 Å². The summed E-state index contributed by atoms with van der Waals surface area (Å²) in [6.07, 6.45) is -0.201. The van der Waals surface area contributed by atoms with E-state index in [0.29, 0.717) is 29.2 Å². The molecule has 118 valence electrons. The van der Waals surface area contributed by atoms with Gasteiger partial charge in [0.15, 0.2) is 0 Å². The molecule has 0 spiro atoms. The van der Waals surface area contributed by atoms with Crippen molar-refractivity contribution in [2.45, 2.75) is 12.8 Å². The molecule has 0 aliphatic rings. The Bertz CT molecular complexity index is 810. The minimum Gasteiger partial charge on any atom is -0.384 e. The second-order valence-corrected chi connectivity index (χ2v) is 5.49. The first-order chi connectivity index (χ1) is 11.1. The number of nitrogens with zero attached hydrogens (tertiary/aromatic N) is 2. The van der Waals surface area contributed by atoms with Crippen molar-refractivity contribution in [2.24, 2.45) is 0 Å². The van der Waals surface area contributed by atoms with E-state index >= 15 is 0 Å². The van der Waals surface area contributed by atoms with Crippen molar-refractivity contribution in [3.63, 3.8) is 0 Å². The van der Waals surface area contributed by atoms with Crippen LogP contribution in [0.3, 0.4) is 0 Å². The van der Waals surface area contributed by atoms with Crippen molar-refractivity contribution in [2.75, 3.05) is 11.9 Å². The largest absolute Gasteiger partial charge is 0.384 e. The second kappa shape index (κ2) is 6.87. The topological polar surface area (TPSA) is 37.8 Å². The van der Waals surface area contributed by atoms with Gasteiger partial charge in [-0.1, -0.05) is 17.7 Å². The van der Waals surface area contributed by atoms with Crippen molar-refractivity contribution in [1.82, 2.24) is 9.97 Å². The second-order valence-electron chi connectivity index (χ2n) is 5.05. The summed E-state index contributed by atoms with van der Waals surface area (Å²) in [6.45, 7) is 0.575. The van der Waals surface area contributed by atoms with Crippen molar-refractivity contribution in [1.29, 1.82) is 0 Å². The molecule has 1 aromatic carbocycles. The van der Waals surface area contributed by atoms with E-state index in [9.17, 15) is 8.78 Å². The molecule has 0 fully saturated rings. The highest BCUT2D eigenvalue weighted by Gasteiger charge is 2.13. The number of rotatable bonds is 5. The summed E-state index contributed by atoms with van der Waals surface area (Å²) in [5.41, 5.74) is 1.78. The Kier molecular flexibility index (Phi) is 4.67. The molecular weight excluding hydrogens is 320 g/mol. The molecule has 0 atom stereocenters. The van der Waals surface area contributed by atoms with E-state index in [-0.39, 0.29) is 5.69 Å². The summed E-state index contributed by atoms with van der Waals surface area (Å²) in [7, 11) is 0. The van der Waals surface area contributed by atoms with Crippen LogP contribution in [-0.4, -0.2) is 16.5 Å². The van der Waals surface area contributed by atoms with E-state index in [2.05, 4.69) is 15.3 Å². The zero-order valence-corrected chi connectivity index (χ0v) is 12.9. The number of fused-ring (bicyclic) bond motifs is 1. The lowest BCUT2D eigenvalue weighted by Gasteiger charge is -2.12. The molecule has 0 amide bonds. The standard InChI is InChI=1S/C17H14ClF2N3/c18-11-4-5-14-13(9-11)15(10-16(23-14)17(19)20)22-8-6-12-3-1-2-7-21-12/h1-5,7,9-10,17H,6,8H2,(H,22,23). The van der Waals surface area contributed by atoms with E-state index < -0.39 is 6.43 Å². The fourth-order valence-corrected chi connectivity index (χ4v) is 2.52. The molecule has 0 aliphatic heterocycles. The number of anilines is 1. The minimum absolute atomic E-state index is 0.250. The minimum atomic E-state index is -2.62. The van der Waals surface area contributed by atoms with Gasteiger partial charge in [-0.25, -0.2) is 13.8 Å². The third-order valence-corrected chi connectivity index (χ3v) is 3.67. The van der Waals surface area contributed by atoms with Gasteiger partial charge in [-0.15, -0.1) is 0 Å². The van der Waals surface area contributed by atoms with Crippen LogP contribution in [-0.2, 0) is 6.42 Å². The van der Waals surface area contributed by atoms with E-state index in [1.807, 2.05) is 18.2 Å². The van der Waals surface area contributed by atoms with Gasteiger partial charge in [0, 0.05) is 41.0 Å². The van der Waals surface area contributed by atoms with Crippen molar-refractivity contribution in [3.8, 4) is 0 Å². The quantitative estimate of drug-likeness (QED) is 0.723. The SMILES string of the molecule is FC(F)c1cc(NCCc2ccccn2)c2cc(Cl)ccc2n1. The fourth-order valence-electron chi connectivity index (χ4n) is 2.35. The summed E-state index contributed by atoms with van der Waals surface area (Å²) in [5.74, 6) is 0. The fraction of sp³-hybridized carbons (Fsp3) is 0.176. The first-order valence-corrected chi connectivity index (χ1v) is 7.53. The Labute approximate surface area is 137 Å². The van der Waals surface area contributed by atoms with Gasteiger partial charge in [-0.3, -0.25) is 4.98 Å². The molecular formula is C17H14ClF2N3. The molecule has 6 heteroatoms. The van der Waals surface area contributed by atoms with Gasteiger partial charge >= 0.3 is 0 Å². The molecule has 3 rings (SSSR count). The molecule has 0 aliphatic carbocycles. The van der Waals surface area contributed by atoms with Gasteiger partial charge in [0.25, 0.3) is 6.43 Å². The summed E-state index contributed by atoms with van der Waals surface area (Å²) >= 11 is 6.01. The maximum atomic E-state index is 13.0. The van der Waals surface area contributed by atoms with Crippen LogP contribution < -0.4 is 5.32 Å².